The Balaban J connectivity index is 2.39. The second-order valence-electron chi connectivity index (χ2n) is 4.89. The van der Waals surface area contributed by atoms with Crippen molar-refractivity contribution in [3.05, 3.63) is 35.4 Å². The monoisotopic (exact) mass is 221 g/mol. The molecule has 90 valence electrons. The molecule has 0 aromatic heterocycles. The number of hydrogen-bond donors (Lipinski definition) is 2. The van der Waals surface area contributed by atoms with Crippen molar-refractivity contribution in [2.45, 2.75) is 39.8 Å². The normalized spacial score (nSPS) is 13.1. The molecule has 0 radical (unpaired) electrons. The third kappa shape index (κ3) is 5.29. The average Bonchev–Trinajstić information content (AvgIpc) is 2.19. The molecule has 1 rings (SSSR count). The summed E-state index contributed by atoms with van der Waals surface area (Å²) < 4.78 is 0. The van der Waals surface area contributed by atoms with E-state index in [0.29, 0.717) is 12.5 Å². The summed E-state index contributed by atoms with van der Waals surface area (Å²) in [5, 5.41) is 12.3. The van der Waals surface area contributed by atoms with Gasteiger partial charge in [-0.3, -0.25) is 0 Å². The molecule has 0 saturated carbocycles. The van der Waals surface area contributed by atoms with Crippen molar-refractivity contribution < 1.29 is 5.11 Å². The van der Waals surface area contributed by atoms with Crippen LogP contribution in [0.15, 0.2) is 24.3 Å². The number of benzene rings is 1. The zero-order valence-electron chi connectivity index (χ0n) is 10.5. The Kier molecular flexibility index (Phi) is 5.50. The fourth-order valence-corrected chi connectivity index (χ4v) is 1.69. The van der Waals surface area contributed by atoms with E-state index < -0.39 is 0 Å². The van der Waals surface area contributed by atoms with Crippen LogP contribution >= 0.6 is 0 Å². The van der Waals surface area contributed by atoms with Crippen molar-refractivity contribution in [1.82, 2.24) is 5.32 Å². The SMILES string of the molecule is CC(C)Cc1ccc(CNC[C@H](C)O)cc1. The van der Waals surface area contributed by atoms with Gasteiger partial charge in [-0.2, -0.15) is 0 Å². The van der Waals surface area contributed by atoms with Crippen molar-refractivity contribution in [1.29, 1.82) is 0 Å². The molecule has 2 N–H and O–H groups in total. The Hall–Kier alpha value is -0.860. The first-order valence-corrected chi connectivity index (χ1v) is 6.04. The largest absolute Gasteiger partial charge is 0.392 e. The van der Waals surface area contributed by atoms with Gasteiger partial charge >= 0.3 is 0 Å². The van der Waals surface area contributed by atoms with Crippen LogP contribution in [0.5, 0.6) is 0 Å². The molecule has 2 heteroatoms. The van der Waals surface area contributed by atoms with E-state index in [1.165, 1.54) is 11.1 Å². The van der Waals surface area contributed by atoms with Crippen molar-refractivity contribution in [3.8, 4) is 0 Å². The molecule has 0 unspecified atom stereocenters. The minimum absolute atomic E-state index is 0.278. The predicted octanol–water partition coefficient (Wildman–Crippen LogP) is 2.36. The lowest BCUT2D eigenvalue weighted by Crippen LogP contribution is -2.23. The van der Waals surface area contributed by atoms with E-state index in [-0.39, 0.29) is 6.10 Å². The summed E-state index contributed by atoms with van der Waals surface area (Å²) in [6, 6.07) is 8.71. The van der Waals surface area contributed by atoms with Gasteiger partial charge in [0, 0.05) is 13.1 Å². The molecule has 0 fully saturated rings. The molecule has 0 bridgehead atoms. The van der Waals surface area contributed by atoms with Crippen molar-refractivity contribution in [2.75, 3.05) is 6.54 Å². The van der Waals surface area contributed by atoms with Crippen LogP contribution in [0.1, 0.15) is 31.9 Å². The highest BCUT2D eigenvalue weighted by Crippen LogP contribution is 2.09. The summed E-state index contributed by atoms with van der Waals surface area (Å²) in [7, 11) is 0. The maximum atomic E-state index is 9.11. The van der Waals surface area contributed by atoms with Crippen LogP contribution in [-0.4, -0.2) is 17.8 Å². The van der Waals surface area contributed by atoms with Gasteiger partial charge in [-0.15, -0.1) is 0 Å². The zero-order chi connectivity index (χ0) is 12.0. The summed E-state index contributed by atoms with van der Waals surface area (Å²) in [5.74, 6) is 0.708. The van der Waals surface area contributed by atoms with Gasteiger partial charge in [-0.05, 0) is 30.4 Å². The van der Waals surface area contributed by atoms with Crippen LogP contribution in [-0.2, 0) is 13.0 Å². The summed E-state index contributed by atoms with van der Waals surface area (Å²) in [6.07, 6.45) is 0.863. The van der Waals surface area contributed by atoms with Gasteiger partial charge in [0.2, 0.25) is 0 Å². The standard InChI is InChI=1S/C14H23NO/c1-11(2)8-13-4-6-14(7-5-13)10-15-9-12(3)16/h4-7,11-12,15-16H,8-10H2,1-3H3/t12-/m0/s1. The lowest BCUT2D eigenvalue weighted by atomic mass is 10.0. The van der Waals surface area contributed by atoms with E-state index in [4.69, 9.17) is 5.11 Å². The summed E-state index contributed by atoms with van der Waals surface area (Å²) in [4.78, 5) is 0. The lowest BCUT2D eigenvalue weighted by molar-refractivity contribution is 0.191. The first-order chi connectivity index (χ1) is 7.58. The second-order valence-corrected chi connectivity index (χ2v) is 4.89. The topological polar surface area (TPSA) is 32.3 Å². The van der Waals surface area contributed by atoms with Gasteiger partial charge in [-0.25, -0.2) is 0 Å². The molecular formula is C14H23NO. The highest BCUT2D eigenvalue weighted by molar-refractivity contribution is 5.22. The molecule has 1 atom stereocenters. The van der Waals surface area contributed by atoms with Crippen LogP contribution in [0.3, 0.4) is 0 Å². The Morgan fingerprint density at radius 1 is 1.06 bits per heavy atom. The fourth-order valence-electron chi connectivity index (χ4n) is 1.69. The first-order valence-electron chi connectivity index (χ1n) is 6.04. The number of rotatable bonds is 6. The third-order valence-corrected chi connectivity index (χ3v) is 2.44. The molecular weight excluding hydrogens is 198 g/mol. The second kappa shape index (κ2) is 6.66. The van der Waals surface area contributed by atoms with E-state index in [9.17, 15) is 0 Å². The lowest BCUT2D eigenvalue weighted by Gasteiger charge is -2.08. The maximum absolute atomic E-state index is 9.11. The molecule has 0 aliphatic carbocycles. The van der Waals surface area contributed by atoms with Gasteiger partial charge in [0.05, 0.1) is 6.10 Å². The quantitative estimate of drug-likeness (QED) is 0.773. The van der Waals surface area contributed by atoms with Crippen LogP contribution in [0.2, 0.25) is 0 Å². The molecule has 0 aliphatic rings. The molecule has 0 spiro atoms. The number of aliphatic hydroxyl groups is 1. The fraction of sp³-hybridized carbons (Fsp3) is 0.571. The van der Waals surface area contributed by atoms with Crippen LogP contribution in [0.4, 0.5) is 0 Å². The van der Waals surface area contributed by atoms with E-state index >= 15 is 0 Å². The summed E-state index contributed by atoms with van der Waals surface area (Å²) in [5.41, 5.74) is 2.67. The van der Waals surface area contributed by atoms with Crippen molar-refractivity contribution in [2.24, 2.45) is 5.92 Å². The Morgan fingerprint density at radius 3 is 2.12 bits per heavy atom. The Morgan fingerprint density at radius 2 is 1.62 bits per heavy atom. The molecule has 0 aliphatic heterocycles. The summed E-state index contributed by atoms with van der Waals surface area (Å²) in [6.45, 7) is 7.73. The smallest absolute Gasteiger partial charge is 0.0636 e. The Labute approximate surface area is 98.7 Å². The van der Waals surface area contributed by atoms with E-state index in [2.05, 4.69) is 43.4 Å². The van der Waals surface area contributed by atoms with Crippen molar-refractivity contribution in [3.63, 3.8) is 0 Å². The minimum Gasteiger partial charge on any atom is -0.392 e. The Bertz CT molecular complexity index is 290. The van der Waals surface area contributed by atoms with Gasteiger partial charge in [-0.1, -0.05) is 38.1 Å². The molecule has 16 heavy (non-hydrogen) atoms. The molecule has 0 saturated heterocycles. The highest BCUT2D eigenvalue weighted by atomic mass is 16.3. The molecule has 1 aromatic carbocycles. The van der Waals surface area contributed by atoms with Gasteiger partial charge < -0.3 is 10.4 Å². The summed E-state index contributed by atoms with van der Waals surface area (Å²) >= 11 is 0. The third-order valence-electron chi connectivity index (χ3n) is 2.44. The van der Waals surface area contributed by atoms with Gasteiger partial charge in [0.1, 0.15) is 0 Å². The van der Waals surface area contributed by atoms with Gasteiger partial charge in [0.15, 0.2) is 0 Å². The van der Waals surface area contributed by atoms with Crippen LogP contribution < -0.4 is 5.32 Å². The maximum Gasteiger partial charge on any atom is 0.0636 e. The van der Waals surface area contributed by atoms with Crippen molar-refractivity contribution >= 4 is 0 Å². The molecule has 1 aromatic rings. The van der Waals surface area contributed by atoms with Crippen LogP contribution in [0.25, 0.3) is 0 Å². The van der Waals surface area contributed by atoms with Crippen LogP contribution in [0, 0.1) is 5.92 Å². The van der Waals surface area contributed by atoms with E-state index in [0.717, 1.165) is 13.0 Å². The van der Waals surface area contributed by atoms with E-state index in [1.54, 1.807) is 6.92 Å². The number of aliphatic hydroxyl groups excluding tert-OH is 1. The highest BCUT2D eigenvalue weighted by Gasteiger charge is 1.99. The first kappa shape index (κ1) is 13.2. The van der Waals surface area contributed by atoms with Gasteiger partial charge in [0.25, 0.3) is 0 Å². The molecule has 2 nitrogen and oxygen atoms in total. The zero-order valence-corrected chi connectivity index (χ0v) is 10.5. The molecule has 0 amide bonds. The van der Waals surface area contributed by atoms with E-state index in [1.807, 2.05) is 0 Å². The average molecular weight is 221 g/mol. The molecule has 0 heterocycles. The minimum atomic E-state index is -0.278. The number of hydrogen-bond acceptors (Lipinski definition) is 2. The number of nitrogens with one attached hydrogen (secondary N) is 1. The predicted molar refractivity (Wildman–Crippen MR) is 68.4 cm³/mol.